The number of ether oxygens (including phenoxy) is 1. The lowest BCUT2D eigenvalue weighted by molar-refractivity contribution is -0.137. The van der Waals surface area contributed by atoms with Crippen molar-refractivity contribution in [2.75, 3.05) is 11.9 Å². The van der Waals surface area contributed by atoms with Crippen molar-refractivity contribution in [2.45, 2.75) is 13.1 Å². The number of alkyl halides is 3. The predicted octanol–water partition coefficient (Wildman–Crippen LogP) is 4.01. The van der Waals surface area contributed by atoms with E-state index in [0.29, 0.717) is 16.4 Å². The van der Waals surface area contributed by atoms with Gasteiger partial charge in [0.15, 0.2) is 6.61 Å². The molecule has 0 aliphatic heterocycles. The maximum Gasteiger partial charge on any atom is 0.416 e. The van der Waals surface area contributed by atoms with Crippen LogP contribution in [-0.2, 0) is 15.7 Å². The number of aromatic nitrogens is 2. The number of aryl methyl sites for hydroxylation is 1. The molecule has 7 nitrogen and oxygen atoms in total. The average Bonchev–Trinajstić information content (AvgIpc) is 2.73. The molecule has 32 heavy (non-hydrogen) atoms. The third kappa shape index (κ3) is 5.52. The lowest BCUT2D eigenvalue weighted by atomic mass is 10.2. The highest BCUT2D eigenvalue weighted by atomic mass is 35.5. The predicted molar refractivity (Wildman–Crippen MR) is 110 cm³/mol. The van der Waals surface area contributed by atoms with E-state index in [9.17, 15) is 27.6 Å². The first kappa shape index (κ1) is 23.0. The Bertz CT molecular complexity index is 1210. The molecule has 0 saturated carbocycles. The van der Waals surface area contributed by atoms with E-state index >= 15 is 0 Å². The van der Waals surface area contributed by atoms with Crippen LogP contribution < -0.4 is 10.7 Å². The van der Waals surface area contributed by atoms with E-state index in [1.165, 1.54) is 10.7 Å². The van der Waals surface area contributed by atoms with Gasteiger partial charge < -0.3 is 10.1 Å². The Morgan fingerprint density at radius 3 is 2.31 bits per heavy atom. The molecule has 3 aromatic rings. The van der Waals surface area contributed by atoms with E-state index in [1.54, 1.807) is 31.2 Å². The molecule has 0 spiro atoms. The van der Waals surface area contributed by atoms with Crippen LogP contribution in [0.5, 0.6) is 0 Å². The minimum atomic E-state index is -4.50. The van der Waals surface area contributed by atoms with Crippen LogP contribution in [0.2, 0.25) is 5.02 Å². The van der Waals surface area contributed by atoms with Gasteiger partial charge in [-0.1, -0.05) is 11.6 Å². The number of rotatable bonds is 5. The average molecular weight is 466 g/mol. The van der Waals surface area contributed by atoms with Crippen LogP contribution in [0.1, 0.15) is 21.7 Å². The first-order valence-corrected chi connectivity index (χ1v) is 9.43. The second kappa shape index (κ2) is 9.23. The quantitative estimate of drug-likeness (QED) is 0.575. The van der Waals surface area contributed by atoms with Gasteiger partial charge in [-0.05, 0) is 55.5 Å². The minimum absolute atomic E-state index is 0.0811. The molecule has 0 saturated heterocycles. The van der Waals surface area contributed by atoms with Gasteiger partial charge in [-0.15, -0.1) is 0 Å². The number of carbonyl (C=O) groups is 2. The van der Waals surface area contributed by atoms with Crippen LogP contribution in [0, 0.1) is 6.92 Å². The van der Waals surface area contributed by atoms with E-state index in [4.69, 9.17) is 16.3 Å². The van der Waals surface area contributed by atoms with Crippen LogP contribution in [0.3, 0.4) is 0 Å². The standard InChI is InChI=1S/C21H15ClF3N3O4/c1-12-10-17(29)19(27-28(12)16-8-4-14(22)5-9-16)20(31)32-11-18(30)26-15-6-2-13(3-7-15)21(23,24)25/h2-10H,11H2,1H3,(H,26,30). The van der Waals surface area contributed by atoms with Gasteiger partial charge in [0.05, 0.1) is 11.3 Å². The first-order valence-electron chi connectivity index (χ1n) is 9.06. The van der Waals surface area contributed by atoms with Gasteiger partial charge >= 0.3 is 12.1 Å². The van der Waals surface area contributed by atoms with Crippen LogP contribution in [-0.4, -0.2) is 28.3 Å². The number of amides is 1. The Morgan fingerprint density at radius 2 is 1.72 bits per heavy atom. The normalized spacial score (nSPS) is 11.2. The minimum Gasteiger partial charge on any atom is -0.451 e. The molecule has 2 aromatic carbocycles. The van der Waals surface area contributed by atoms with Crippen LogP contribution in [0.4, 0.5) is 18.9 Å². The summed E-state index contributed by atoms with van der Waals surface area (Å²) in [6.45, 7) is 0.853. The molecule has 0 unspecified atom stereocenters. The summed E-state index contributed by atoms with van der Waals surface area (Å²) in [5.41, 5.74) is -1.02. The fraction of sp³-hybridized carbons (Fsp3) is 0.143. The van der Waals surface area contributed by atoms with Crippen LogP contribution in [0.15, 0.2) is 59.4 Å². The Morgan fingerprint density at radius 1 is 1.09 bits per heavy atom. The summed E-state index contributed by atoms with van der Waals surface area (Å²) < 4.78 is 43.9. The zero-order valence-corrected chi connectivity index (χ0v) is 17.2. The van der Waals surface area contributed by atoms with E-state index in [-0.39, 0.29) is 5.69 Å². The van der Waals surface area contributed by atoms with Crippen molar-refractivity contribution in [2.24, 2.45) is 0 Å². The lowest BCUT2D eigenvalue weighted by Crippen LogP contribution is -2.27. The SMILES string of the molecule is Cc1cc(=O)c(C(=O)OCC(=O)Nc2ccc(C(F)(F)F)cc2)nn1-c1ccc(Cl)cc1. The molecular formula is C21H15ClF3N3O4. The van der Waals surface area contributed by atoms with Crippen molar-refractivity contribution in [3.05, 3.63) is 86.8 Å². The molecule has 0 fully saturated rings. The van der Waals surface area contributed by atoms with E-state index < -0.39 is 41.3 Å². The monoisotopic (exact) mass is 465 g/mol. The van der Waals surface area contributed by atoms with E-state index in [2.05, 4.69) is 10.4 Å². The highest BCUT2D eigenvalue weighted by Gasteiger charge is 2.30. The summed E-state index contributed by atoms with van der Waals surface area (Å²) in [5.74, 6) is -1.93. The molecule has 0 atom stereocenters. The van der Waals surface area contributed by atoms with Gasteiger partial charge in [0.25, 0.3) is 5.91 Å². The van der Waals surface area contributed by atoms with E-state index in [1.807, 2.05) is 0 Å². The summed E-state index contributed by atoms with van der Waals surface area (Å²) in [6, 6.07) is 11.4. The van der Waals surface area contributed by atoms with Gasteiger partial charge in [-0.3, -0.25) is 9.59 Å². The number of hydrogen-bond donors (Lipinski definition) is 1. The van der Waals surface area contributed by atoms with Crippen molar-refractivity contribution >= 4 is 29.2 Å². The van der Waals surface area contributed by atoms with Gasteiger partial charge in [0.2, 0.25) is 11.1 Å². The summed E-state index contributed by atoms with van der Waals surface area (Å²) in [4.78, 5) is 36.4. The van der Waals surface area contributed by atoms with Gasteiger partial charge in [-0.25, -0.2) is 9.48 Å². The molecule has 0 radical (unpaired) electrons. The molecular weight excluding hydrogens is 451 g/mol. The zero-order valence-electron chi connectivity index (χ0n) is 16.4. The van der Waals surface area contributed by atoms with Crippen molar-refractivity contribution in [1.29, 1.82) is 0 Å². The summed E-state index contributed by atoms with van der Waals surface area (Å²) in [6.07, 6.45) is -4.50. The second-order valence-electron chi connectivity index (χ2n) is 6.59. The zero-order chi connectivity index (χ0) is 23.5. The number of nitrogens with one attached hydrogen (secondary N) is 1. The van der Waals surface area contributed by atoms with Crippen molar-refractivity contribution < 1.29 is 27.5 Å². The maximum absolute atomic E-state index is 12.6. The Labute approximate surface area is 184 Å². The molecule has 11 heteroatoms. The van der Waals surface area contributed by atoms with Crippen molar-refractivity contribution in [3.63, 3.8) is 0 Å². The number of carbonyl (C=O) groups excluding carboxylic acids is 2. The smallest absolute Gasteiger partial charge is 0.416 e. The molecule has 166 valence electrons. The third-order valence-corrected chi connectivity index (χ3v) is 4.45. The summed E-state index contributed by atoms with van der Waals surface area (Å²) in [5, 5.41) is 6.80. The maximum atomic E-state index is 12.6. The largest absolute Gasteiger partial charge is 0.451 e. The Kier molecular flexibility index (Phi) is 6.64. The van der Waals surface area contributed by atoms with Crippen LogP contribution >= 0.6 is 11.6 Å². The highest BCUT2D eigenvalue weighted by Crippen LogP contribution is 2.29. The van der Waals surface area contributed by atoms with Crippen LogP contribution in [0.25, 0.3) is 5.69 Å². The summed E-state index contributed by atoms with van der Waals surface area (Å²) in [7, 11) is 0. The molecule has 1 aromatic heterocycles. The van der Waals surface area contributed by atoms with Crippen molar-refractivity contribution in [3.8, 4) is 5.69 Å². The Hall–Kier alpha value is -3.66. The summed E-state index contributed by atoms with van der Waals surface area (Å²) >= 11 is 5.86. The number of halogens is 4. The fourth-order valence-corrected chi connectivity index (χ4v) is 2.80. The molecule has 1 N–H and O–H groups in total. The van der Waals surface area contributed by atoms with E-state index in [0.717, 1.165) is 24.3 Å². The highest BCUT2D eigenvalue weighted by molar-refractivity contribution is 6.30. The van der Waals surface area contributed by atoms with Gasteiger partial charge in [0.1, 0.15) is 0 Å². The lowest BCUT2D eigenvalue weighted by Gasteiger charge is -2.11. The molecule has 0 aliphatic rings. The van der Waals surface area contributed by atoms with Gasteiger partial charge in [0, 0.05) is 22.5 Å². The molecule has 1 heterocycles. The molecule has 3 rings (SSSR count). The number of benzene rings is 2. The van der Waals surface area contributed by atoms with Gasteiger partial charge in [-0.2, -0.15) is 18.3 Å². The number of hydrogen-bond acceptors (Lipinski definition) is 5. The number of anilines is 1. The Balaban J connectivity index is 1.68. The number of nitrogens with zero attached hydrogens (tertiary/aromatic N) is 2. The fourth-order valence-electron chi connectivity index (χ4n) is 2.67. The molecule has 1 amide bonds. The van der Waals surface area contributed by atoms with Crippen molar-refractivity contribution in [1.82, 2.24) is 9.78 Å². The topological polar surface area (TPSA) is 90.3 Å². The first-order chi connectivity index (χ1) is 15.0. The molecule has 0 bridgehead atoms. The second-order valence-corrected chi connectivity index (χ2v) is 7.02. The molecule has 0 aliphatic carbocycles. The third-order valence-electron chi connectivity index (χ3n) is 4.20. The number of esters is 1.